The predicted octanol–water partition coefficient (Wildman–Crippen LogP) is 3.89. The molecule has 0 N–H and O–H groups in total. The van der Waals surface area contributed by atoms with Crippen LogP contribution < -0.4 is 0 Å². The Morgan fingerprint density at radius 1 is 0.789 bits per heavy atom. The van der Waals surface area contributed by atoms with Gasteiger partial charge in [0.05, 0.1) is 0 Å². The SMILES string of the molecule is CCN1C[C@H](c2ccccc2)[C@H](c2ccccc2)C1. The van der Waals surface area contributed by atoms with Crippen molar-refractivity contribution in [1.82, 2.24) is 4.90 Å². The second kappa shape index (κ2) is 5.58. The number of nitrogens with zero attached hydrogens (tertiary/aromatic N) is 1. The minimum absolute atomic E-state index is 0.628. The van der Waals surface area contributed by atoms with Gasteiger partial charge in [0.25, 0.3) is 0 Å². The van der Waals surface area contributed by atoms with Crippen LogP contribution in [0.2, 0.25) is 0 Å². The number of benzene rings is 2. The Kier molecular flexibility index (Phi) is 3.65. The predicted molar refractivity (Wildman–Crippen MR) is 80.5 cm³/mol. The van der Waals surface area contributed by atoms with Gasteiger partial charge >= 0.3 is 0 Å². The van der Waals surface area contributed by atoms with Gasteiger partial charge in [0.15, 0.2) is 0 Å². The normalized spacial score (nSPS) is 23.6. The van der Waals surface area contributed by atoms with Gasteiger partial charge < -0.3 is 4.90 Å². The molecule has 1 aliphatic heterocycles. The van der Waals surface area contributed by atoms with E-state index in [1.165, 1.54) is 24.2 Å². The third kappa shape index (κ3) is 2.57. The van der Waals surface area contributed by atoms with Gasteiger partial charge in [0.1, 0.15) is 0 Å². The third-order valence-corrected chi connectivity index (χ3v) is 4.30. The molecule has 0 radical (unpaired) electrons. The van der Waals surface area contributed by atoms with Crippen LogP contribution in [0.15, 0.2) is 60.7 Å². The lowest BCUT2D eigenvalue weighted by molar-refractivity contribution is 0.350. The first-order chi connectivity index (χ1) is 9.38. The zero-order valence-electron chi connectivity index (χ0n) is 11.5. The van der Waals surface area contributed by atoms with E-state index in [1.807, 2.05) is 0 Å². The van der Waals surface area contributed by atoms with E-state index in [0.29, 0.717) is 11.8 Å². The van der Waals surface area contributed by atoms with Gasteiger partial charge in [0.2, 0.25) is 0 Å². The van der Waals surface area contributed by atoms with Gasteiger partial charge in [-0.05, 0) is 17.7 Å². The Morgan fingerprint density at radius 2 is 1.21 bits per heavy atom. The molecule has 2 aromatic carbocycles. The average molecular weight is 251 g/mol. The number of likely N-dealkylation sites (N-methyl/N-ethyl adjacent to an activating group) is 1. The monoisotopic (exact) mass is 251 g/mol. The minimum Gasteiger partial charge on any atom is -0.302 e. The maximum absolute atomic E-state index is 2.56. The molecule has 1 heterocycles. The van der Waals surface area contributed by atoms with Gasteiger partial charge in [-0.1, -0.05) is 67.6 Å². The van der Waals surface area contributed by atoms with E-state index in [4.69, 9.17) is 0 Å². The third-order valence-electron chi connectivity index (χ3n) is 4.30. The standard InChI is InChI=1S/C18H21N/c1-2-19-13-17(15-9-5-3-6-10-15)18(14-19)16-11-7-4-8-12-16/h3-12,17-18H,2,13-14H2,1H3/t17-,18+. The molecular weight excluding hydrogens is 230 g/mol. The van der Waals surface area contributed by atoms with Crippen molar-refractivity contribution in [2.75, 3.05) is 19.6 Å². The molecule has 0 amide bonds. The molecule has 19 heavy (non-hydrogen) atoms. The van der Waals surface area contributed by atoms with E-state index in [2.05, 4.69) is 72.5 Å². The smallest absolute Gasteiger partial charge is 0.00568 e. The maximum Gasteiger partial charge on any atom is 0.00568 e. The van der Waals surface area contributed by atoms with Crippen LogP contribution in [0, 0.1) is 0 Å². The van der Waals surface area contributed by atoms with Crippen molar-refractivity contribution in [3.8, 4) is 0 Å². The van der Waals surface area contributed by atoms with Crippen molar-refractivity contribution in [2.24, 2.45) is 0 Å². The zero-order chi connectivity index (χ0) is 13.1. The summed E-state index contributed by atoms with van der Waals surface area (Å²) in [6.45, 7) is 5.77. The van der Waals surface area contributed by atoms with E-state index in [9.17, 15) is 0 Å². The Bertz CT molecular complexity index is 458. The Balaban J connectivity index is 1.92. The van der Waals surface area contributed by atoms with Crippen molar-refractivity contribution >= 4 is 0 Å². The van der Waals surface area contributed by atoms with Crippen LogP contribution >= 0.6 is 0 Å². The fourth-order valence-electron chi connectivity index (χ4n) is 3.22. The van der Waals surface area contributed by atoms with Crippen molar-refractivity contribution in [3.63, 3.8) is 0 Å². The topological polar surface area (TPSA) is 3.24 Å². The Hall–Kier alpha value is -1.60. The van der Waals surface area contributed by atoms with E-state index < -0.39 is 0 Å². The molecule has 0 unspecified atom stereocenters. The molecule has 98 valence electrons. The van der Waals surface area contributed by atoms with E-state index in [-0.39, 0.29) is 0 Å². The first-order valence-electron chi connectivity index (χ1n) is 7.20. The van der Waals surface area contributed by atoms with Gasteiger partial charge in [0, 0.05) is 24.9 Å². The highest BCUT2D eigenvalue weighted by molar-refractivity contribution is 5.31. The van der Waals surface area contributed by atoms with E-state index in [0.717, 1.165) is 6.54 Å². The van der Waals surface area contributed by atoms with Crippen LogP contribution in [0.3, 0.4) is 0 Å². The number of rotatable bonds is 3. The lowest BCUT2D eigenvalue weighted by atomic mass is 9.84. The summed E-state index contributed by atoms with van der Waals surface area (Å²) in [5.74, 6) is 1.26. The van der Waals surface area contributed by atoms with Crippen LogP contribution in [0.4, 0.5) is 0 Å². The molecule has 1 nitrogen and oxygen atoms in total. The largest absolute Gasteiger partial charge is 0.302 e. The molecule has 2 atom stereocenters. The summed E-state index contributed by atoms with van der Waals surface area (Å²) < 4.78 is 0. The van der Waals surface area contributed by atoms with Crippen LogP contribution in [-0.4, -0.2) is 24.5 Å². The Morgan fingerprint density at radius 3 is 1.58 bits per heavy atom. The first-order valence-corrected chi connectivity index (χ1v) is 7.20. The maximum atomic E-state index is 2.56. The average Bonchev–Trinajstić information content (AvgIpc) is 2.93. The molecular formula is C18H21N. The van der Waals surface area contributed by atoms with Gasteiger partial charge in [-0.2, -0.15) is 0 Å². The molecule has 0 saturated carbocycles. The summed E-state index contributed by atoms with van der Waals surface area (Å²) in [5.41, 5.74) is 2.96. The molecule has 2 aromatic rings. The van der Waals surface area contributed by atoms with Crippen LogP contribution in [-0.2, 0) is 0 Å². The van der Waals surface area contributed by atoms with E-state index >= 15 is 0 Å². The molecule has 1 fully saturated rings. The van der Waals surface area contributed by atoms with Gasteiger partial charge in [-0.15, -0.1) is 0 Å². The molecule has 1 aliphatic rings. The van der Waals surface area contributed by atoms with Gasteiger partial charge in [-0.3, -0.25) is 0 Å². The second-order valence-corrected chi connectivity index (χ2v) is 5.39. The van der Waals surface area contributed by atoms with Crippen molar-refractivity contribution in [3.05, 3.63) is 71.8 Å². The number of hydrogen-bond acceptors (Lipinski definition) is 1. The summed E-state index contributed by atoms with van der Waals surface area (Å²) in [5, 5.41) is 0. The lowest BCUT2D eigenvalue weighted by Crippen LogP contribution is -2.19. The van der Waals surface area contributed by atoms with Crippen LogP contribution in [0.5, 0.6) is 0 Å². The molecule has 1 heteroatoms. The second-order valence-electron chi connectivity index (χ2n) is 5.39. The highest BCUT2D eigenvalue weighted by atomic mass is 15.1. The summed E-state index contributed by atoms with van der Waals surface area (Å²) in [4.78, 5) is 2.56. The van der Waals surface area contributed by atoms with Crippen LogP contribution in [0.1, 0.15) is 29.9 Å². The molecule has 3 rings (SSSR count). The fourth-order valence-corrected chi connectivity index (χ4v) is 3.22. The molecule has 1 saturated heterocycles. The summed E-state index contributed by atoms with van der Waals surface area (Å²) in [7, 11) is 0. The van der Waals surface area contributed by atoms with Crippen molar-refractivity contribution in [2.45, 2.75) is 18.8 Å². The highest BCUT2D eigenvalue weighted by Crippen LogP contribution is 2.39. The molecule has 0 aliphatic carbocycles. The van der Waals surface area contributed by atoms with Gasteiger partial charge in [-0.25, -0.2) is 0 Å². The van der Waals surface area contributed by atoms with Crippen molar-refractivity contribution in [1.29, 1.82) is 0 Å². The van der Waals surface area contributed by atoms with E-state index in [1.54, 1.807) is 0 Å². The highest BCUT2D eigenvalue weighted by Gasteiger charge is 2.33. The number of likely N-dealkylation sites (tertiary alicyclic amines) is 1. The number of hydrogen-bond donors (Lipinski definition) is 0. The molecule has 0 spiro atoms. The quantitative estimate of drug-likeness (QED) is 0.800. The summed E-state index contributed by atoms with van der Waals surface area (Å²) in [6.07, 6.45) is 0. The lowest BCUT2D eigenvalue weighted by Gasteiger charge is -2.19. The van der Waals surface area contributed by atoms with Crippen LogP contribution in [0.25, 0.3) is 0 Å². The fraction of sp³-hybridized carbons (Fsp3) is 0.333. The summed E-state index contributed by atoms with van der Waals surface area (Å²) >= 11 is 0. The summed E-state index contributed by atoms with van der Waals surface area (Å²) in [6, 6.07) is 22.0. The minimum atomic E-state index is 0.628. The zero-order valence-corrected chi connectivity index (χ0v) is 11.5. The first kappa shape index (κ1) is 12.4. The van der Waals surface area contributed by atoms with Crippen molar-refractivity contribution < 1.29 is 0 Å². The molecule has 0 aromatic heterocycles. The molecule has 0 bridgehead atoms. The Labute approximate surface area is 115 Å².